The Morgan fingerprint density at radius 1 is 0.727 bits per heavy atom. The zero-order valence-corrected chi connectivity index (χ0v) is 32.8. The number of ether oxygens (including phenoxy) is 4. The Balaban J connectivity index is 1.51. The third-order valence-electron chi connectivity index (χ3n) is 8.04. The Hall–Kier alpha value is -3.88. The van der Waals surface area contributed by atoms with E-state index in [4.69, 9.17) is 74.6 Å². The van der Waals surface area contributed by atoms with E-state index in [9.17, 15) is 24.1 Å². The van der Waals surface area contributed by atoms with Gasteiger partial charge in [0.25, 0.3) is 9.70 Å². The number of aryl methyl sites for hydroxylation is 1. The Labute approximate surface area is 337 Å². The maximum atomic E-state index is 13.7. The van der Waals surface area contributed by atoms with Crippen LogP contribution in [0.1, 0.15) is 43.1 Å². The van der Waals surface area contributed by atoms with Gasteiger partial charge in [0.15, 0.2) is 18.5 Å². The highest BCUT2D eigenvalue weighted by atomic mass is 35.6. The zero-order valence-electron chi connectivity index (χ0n) is 28.8. The summed E-state index contributed by atoms with van der Waals surface area (Å²) in [6.07, 6.45) is -5.62. The van der Waals surface area contributed by atoms with Crippen LogP contribution in [0.3, 0.4) is 0 Å². The van der Waals surface area contributed by atoms with Gasteiger partial charge < -0.3 is 33.7 Å². The van der Waals surface area contributed by atoms with Crippen LogP contribution in [0.15, 0.2) is 121 Å². The van der Waals surface area contributed by atoms with Gasteiger partial charge in [-0.25, -0.2) is 14.4 Å². The van der Waals surface area contributed by atoms with Crippen LogP contribution < -0.4 is 5.32 Å². The van der Waals surface area contributed by atoms with Gasteiger partial charge in [-0.15, -0.1) is 0 Å². The topological polar surface area (TPSA) is 156 Å². The number of nitrogens with one attached hydrogen (secondary N) is 1. The lowest BCUT2D eigenvalue weighted by molar-refractivity contribution is -0.246. The molecule has 55 heavy (non-hydrogen) atoms. The quantitative estimate of drug-likeness (QED) is 0.0427. The molecule has 1 unspecified atom stereocenters. The van der Waals surface area contributed by atoms with E-state index in [-0.39, 0.29) is 23.3 Å². The number of hydrogen-bond acceptors (Lipinski definition) is 11. The van der Waals surface area contributed by atoms with Crippen LogP contribution >= 0.6 is 41.5 Å². The van der Waals surface area contributed by atoms with Crippen LogP contribution in [0.5, 0.6) is 0 Å². The van der Waals surface area contributed by atoms with Crippen molar-refractivity contribution in [3.05, 3.63) is 144 Å². The predicted molar refractivity (Wildman–Crippen MR) is 207 cm³/mol. The molecule has 6 atom stereocenters. The summed E-state index contributed by atoms with van der Waals surface area (Å²) in [5.74, 6) is -3.82. The molecule has 5 rings (SSSR count). The predicted octanol–water partition coefficient (Wildman–Crippen LogP) is 6.76. The van der Waals surface area contributed by atoms with E-state index in [1.165, 1.54) is 36.4 Å². The highest BCUT2D eigenvalue weighted by Crippen LogP contribution is 2.47. The van der Waals surface area contributed by atoms with Crippen molar-refractivity contribution in [2.45, 2.75) is 47.3 Å². The number of benzene rings is 4. The second-order valence-electron chi connectivity index (χ2n) is 12.0. The Morgan fingerprint density at radius 3 is 1.71 bits per heavy atom. The minimum absolute atomic E-state index is 0.0393. The molecule has 0 aliphatic carbocycles. The number of esters is 3. The van der Waals surface area contributed by atoms with E-state index in [2.05, 4.69) is 5.32 Å². The number of halogens is 3. The lowest BCUT2D eigenvalue weighted by Gasteiger charge is -2.45. The molecule has 0 radical (unpaired) electrons. The number of hydrogen-bond donors (Lipinski definition) is 2. The zero-order chi connectivity index (χ0) is 39.4. The van der Waals surface area contributed by atoms with Gasteiger partial charge in [-0.2, -0.15) is 0 Å². The average molecular weight is 851 g/mol. The van der Waals surface area contributed by atoms with Gasteiger partial charge in [0, 0.05) is 0 Å². The third-order valence-corrected chi connectivity index (χ3v) is 10.1. The molecule has 0 bridgehead atoms. The molecule has 0 saturated carbocycles. The van der Waals surface area contributed by atoms with Crippen LogP contribution in [-0.2, 0) is 51.0 Å². The molecular formula is C38H35Cl3NO11PS. The molecule has 0 aromatic heterocycles. The first kappa shape index (κ1) is 42.3. The largest absolute Gasteiger partial charge is 0.459 e. The molecule has 290 valence electrons. The lowest BCUT2D eigenvalue weighted by atomic mass is 9.96. The third kappa shape index (κ3) is 12.6. The number of carbonyl (C=O) groups is 4. The van der Waals surface area contributed by atoms with Gasteiger partial charge in [-0.1, -0.05) is 120 Å². The van der Waals surface area contributed by atoms with Crippen molar-refractivity contribution in [1.82, 2.24) is 5.32 Å². The van der Waals surface area contributed by atoms with E-state index in [1.807, 2.05) is 30.3 Å². The van der Waals surface area contributed by atoms with E-state index < -0.39 is 71.6 Å². The number of rotatable bonds is 15. The van der Waals surface area contributed by atoms with Crippen molar-refractivity contribution >= 4 is 77.1 Å². The standard InChI is InChI=1S/C38H35Cl3NO11PS/c39-38(40,41)37(46)42-30-32(52-35(45)28-21-11-4-12-22-28)31(51-34(44)27-19-9-3-10-20-27)29(24-48-33(43)26-17-7-2-8-18-26)50-36(30)53-54(47,55)49-23-13-16-25-14-5-1-6-15-25/h1-12,14-15,17-22,29-32,36H,13,16,23-24H2,(H,42,46)(H,47,55)/t29-,30+,31-,32-,36-,54?/m1/s1. The van der Waals surface area contributed by atoms with Gasteiger partial charge in [-0.3, -0.25) is 9.32 Å². The van der Waals surface area contributed by atoms with Crippen molar-refractivity contribution in [2.24, 2.45) is 0 Å². The molecule has 1 aliphatic heterocycles. The molecule has 1 heterocycles. The summed E-state index contributed by atoms with van der Waals surface area (Å²) in [6.45, 7) is -4.88. The van der Waals surface area contributed by atoms with E-state index in [1.54, 1.807) is 54.6 Å². The van der Waals surface area contributed by atoms with Crippen molar-refractivity contribution in [2.75, 3.05) is 13.2 Å². The van der Waals surface area contributed by atoms with Crippen LogP contribution in [0.25, 0.3) is 0 Å². The highest BCUT2D eigenvalue weighted by Gasteiger charge is 2.54. The van der Waals surface area contributed by atoms with Crippen molar-refractivity contribution in [3.8, 4) is 0 Å². The molecule has 2 N–H and O–H groups in total. The number of alkyl halides is 3. The monoisotopic (exact) mass is 849 g/mol. The van der Waals surface area contributed by atoms with Crippen LogP contribution in [0.2, 0.25) is 0 Å². The van der Waals surface area contributed by atoms with Crippen LogP contribution in [-0.4, -0.2) is 76.4 Å². The Kier molecular flexibility index (Phi) is 15.2. The first-order valence-electron chi connectivity index (χ1n) is 16.8. The molecule has 17 heteroatoms. The van der Waals surface area contributed by atoms with Gasteiger partial charge in [0.2, 0.25) is 0 Å². The van der Waals surface area contributed by atoms with Gasteiger partial charge in [0.1, 0.15) is 18.8 Å². The summed E-state index contributed by atoms with van der Waals surface area (Å²) < 4.78 is 32.6. The fourth-order valence-corrected chi connectivity index (χ4v) is 6.91. The normalized spacial score (nSPS) is 20.7. The molecular weight excluding hydrogens is 816 g/mol. The minimum atomic E-state index is -4.23. The molecule has 1 saturated heterocycles. The molecule has 1 fully saturated rings. The van der Waals surface area contributed by atoms with E-state index >= 15 is 0 Å². The first-order chi connectivity index (χ1) is 26.3. The molecule has 1 aliphatic rings. The summed E-state index contributed by atoms with van der Waals surface area (Å²) in [5, 5.41) is 2.43. The molecule has 4 aromatic rings. The maximum Gasteiger partial charge on any atom is 0.338 e. The number of amides is 1. The average Bonchev–Trinajstić information content (AvgIpc) is 3.18. The fraction of sp³-hybridized carbons (Fsp3) is 0.263. The Morgan fingerprint density at radius 2 is 1.20 bits per heavy atom. The summed E-state index contributed by atoms with van der Waals surface area (Å²) in [5.41, 5.74) is 1.40. The first-order valence-corrected chi connectivity index (χ1v) is 20.5. The molecule has 4 aromatic carbocycles. The number of carbonyl (C=O) groups excluding carboxylic acids is 4. The molecule has 0 spiro atoms. The van der Waals surface area contributed by atoms with Crippen molar-refractivity contribution in [1.29, 1.82) is 0 Å². The van der Waals surface area contributed by atoms with Crippen molar-refractivity contribution < 1.29 is 52.1 Å². The summed E-state index contributed by atoms with van der Waals surface area (Å²) in [6, 6.07) is 31.5. The van der Waals surface area contributed by atoms with Gasteiger partial charge in [-0.05, 0) is 66.6 Å². The maximum absolute atomic E-state index is 13.7. The van der Waals surface area contributed by atoms with Gasteiger partial charge >= 0.3 is 24.6 Å². The van der Waals surface area contributed by atoms with E-state index in [0.29, 0.717) is 12.8 Å². The second kappa shape index (κ2) is 19.8. The molecule has 1 amide bonds. The summed E-state index contributed by atoms with van der Waals surface area (Å²) in [4.78, 5) is 64.9. The smallest absolute Gasteiger partial charge is 0.338 e. The van der Waals surface area contributed by atoms with Crippen LogP contribution in [0, 0.1) is 0 Å². The van der Waals surface area contributed by atoms with E-state index in [0.717, 1.165) is 5.56 Å². The fourth-order valence-electron chi connectivity index (χ4n) is 5.41. The summed E-state index contributed by atoms with van der Waals surface area (Å²) >= 11 is 23.2. The second-order valence-corrected chi connectivity index (χ2v) is 17.0. The minimum Gasteiger partial charge on any atom is -0.459 e. The van der Waals surface area contributed by atoms with Crippen molar-refractivity contribution in [3.63, 3.8) is 0 Å². The summed E-state index contributed by atoms with van der Waals surface area (Å²) in [7, 11) is 0. The Bertz CT molecular complexity index is 1940. The SMILES string of the molecule is O=C(OC[C@H]1O[C@H](OP(O)(=S)OCCCc2ccccc2)[C@@H](NC(=O)C(Cl)(Cl)Cl)[C@@H](OC(=O)c2ccccc2)[C@@H]1OC(=O)c1ccccc1)c1ccccc1. The van der Waals surface area contributed by atoms with Gasteiger partial charge in [0.05, 0.1) is 23.3 Å². The van der Waals surface area contributed by atoms with Crippen LogP contribution in [0.4, 0.5) is 0 Å². The molecule has 12 nitrogen and oxygen atoms in total. The lowest BCUT2D eigenvalue weighted by Crippen LogP contribution is -2.67. The highest BCUT2D eigenvalue weighted by molar-refractivity contribution is 8.07.